The monoisotopic (exact) mass is 547 g/mol. The summed E-state index contributed by atoms with van der Waals surface area (Å²) in [4.78, 5) is 33.4. The van der Waals surface area contributed by atoms with Crippen molar-refractivity contribution in [3.05, 3.63) is 93.3 Å². The molecule has 2 heterocycles. The molecule has 0 saturated carbocycles. The summed E-state index contributed by atoms with van der Waals surface area (Å²) in [5.74, 6) is 0.00915. The molecule has 1 N–H and O–H groups in total. The lowest BCUT2D eigenvalue weighted by Crippen LogP contribution is -2.31. The van der Waals surface area contributed by atoms with E-state index in [0.29, 0.717) is 27.3 Å². The van der Waals surface area contributed by atoms with Gasteiger partial charge < -0.3 is 10.1 Å². The maximum Gasteiger partial charge on any atom is 0.283 e. The second-order valence-corrected chi connectivity index (χ2v) is 10.6. The summed E-state index contributed by atoms with van der Waals surface area (Å²) >= 11 is 8.97. The maximum atomic E-state index is 13.5. The zero-order valence-electron chi connectivity index (χ0n) is 20.0. The molecule has 5 rings (SSSR count). The molecule has 0 atom stereocenters. The van der Waals surface area contributed by atoms with Crippen LogP contribution in [-0.2, 0) is 9.59 Å². The van der Waals surface area contributed by atoms with Gasteiger partial charge in [-0.25, -0.2) is 9.89 Å². The Morgan fingerprint density at radius 2 is 1.95 bits per heavy atom. The highest BCUT2D eigenvalue weighted by molar-refractivity contribution is 8.14. The van der Waals surface area contributed by atoms with Gasteiger partial charge in [0.2, 0.25) is 5.91 Å². The average molecular weight is 548 g/mol. The number of anilines is 2. The molecule has 4 aromatic rings. The minimum Gasteiger partial charge on any atom is -0.495 e. The summed E-state index contributed by atoms with van der Waals surface area (Å²) in [7, 11) is 1.53. The highest BCUT2D eigenvalue weighted by Gasteiger charge is 2.34. The number of ether oxygens (including phenoxy) is 1. The van der Waals surface area contributed by atoms with Gasteiger partial charge in [0, 0.05) is 15.6 Å². The number of benzene rings is 3. The van der Waals surface area contributed by atoms with Gasteiger partial charge in [0.05, 0.1) is 18.6 Å². The SMILES string of the molecule is COc1ccc(Cl)cc1N1C(=O)C(=Cc2sccc2C)N=C1SCC(=O)Nc1ccc2ccccc2c1. The van der Waals surface area contributed by atoms with E-state index in [-0.39, 0.29) is 23.3 Å². The second kappa shape index (κ2) is 10.8. The molecule has 1 aliphatic heterocycles. The number of amidine groups is 1. The van der Waals surface area contributed by atoms with Crippen LogP contribution in [0.4, 0.5) is 11.4 Å². The van der Waals surface area contributed by atoms with Crippen LogP contribution in [-0.4, -0.2) is 29.8 Å². The number of rotatable bonds is 6. The van der Waals surface area contributed by atoms with Crippen molar-refractivity contribution in [1.29, 1.82) is 0 Å². The van der Waals surface area contributed by atoms with Crippen LogP contribution >= 0.6 is 34.7 Å². The number of carbonyl (C=O) groups is 2. The molecule has 0 unspecified atom stereocenters. The molecule has 0 radical (unpaired) electrons. The highest BCUT2D eigenvalue weighted by Crippen LogP contribution is 2.37. The summed E-state index contributed by atoms with van der Waals surface area (Å²) in [6.07, 6.45) is 1.77. The zero-order chi connectivity index (χ0) is 25.9. The van der Waals surface area contributed by atoms with Gasteiger partial charge in [-0.1, -0.05) is 53.7 Å². The number of halogens is 1. The van der Waals surface area contributed by atoms with Crippen molar-refractivity contribution in [3.63, 3.8) is 0 Å². The van der Waals surface area contributed by atoms with Crippen molar-refractivity contribution in [2.75, 3.05) is 23.1 Å². The second-order valence-electron chi connectivity index (χ2n) is 8.25. The number of hydrogen-bond donors (Lipinski definition) is 1. The van der Waals surface area contributed by atoms with Crippen LogP contribution < -0.4 is 15.0 Å². The summed E-state index contributed by atoms with van der Waals surface area (Å²) in [5, 5.41) is 7.86. The van der Waals surface area contributed by atoms with Gasteiger partial charge in [0.25, 0.3) is 5.91 Å². The van der Waals surface area contributed by atoms with Crippen LogP contribution in [0.25, 0.3) is 16.8 Å². The Kier molecular flexibility index (Phi) is 7.32. The molecular formula is C28H22ClN3O3S2. The Balaban J connectivity index is 1.41. The first kappa shape index (κ1) is 25.1. The molecule has 1 aliphatic rings. The van der Waals surface area contributed by atoms with E-state index in [1.165, 1.54) is 35.1 Å². The van der Waals surface area contributed by atoms with E-state index in [2.05, 4.69) is 10.3 Å². The van der Waals surface area contributed by atoms with Crippen LogP contribution in [0.3, 0.4) is 0 Å². The molecule has 6 nitrogen and oxygen atoms in total. The topological polar surface area (TPSA) is 71.0 Å². The summed E-state index contributed by atoms with van der Waals surface area (Å²) in [6.45, 7) is 1.98. The lowest BCUT2D eigenvalue weighted by Gasteiger charge is -2.20. The number of hydrogen-bond acceptors (Lipinski definition) is 6. The number of carbonyl (C=O) groups excluding carboxylic acids is 2. The smallest absolute Gasteiger partial charge is 0.283 e. The average Bonchev–Trinajstić information content (AvgIpc) is 3.44. The Bertz CT molecular complexity index is 1580. The number of nitrogens with one attached hydrogen (secondary N) is 1. The Morgan fingerprint density at radius 1 is 1.14 bits per heavy atom. The normalized spacial score (nSPS) is 14.4. The number of methoxy groups -OCH3 is 1. The molecule has 1 aromatic heterocycles. The first-order chi connectivity index (χ1) is 17.9. The summed E-state index contributed by atoms with van der Waals surface area (Å²) < 4.78 is 5.50. The van der Waals surface area contributed by atoms with Gasteiger partial charge >= 0.3 is 0 Å². The van der Waals surface area contributed by atoms with Gasteiger partial charge in [0.15, 0.2) is 5.17 Å². The van der Waals surface area contributed by atoms with Crippen molar-refractivity contribution in [3.8, 4) is 5.75 Å². The lowest BCUT2D eigenvalue weighted by atomic mass is 10.1. The predicted octanol–water partition coefficient (Wildman–Crippen LogP) is 6.99. The van der Waals surface area contributed by atoms with Crippen LogP contribution in [0.15, 0.2) is 82.8 Å². The largest absolute Gasteiger partial charge is 0.495 e. The molecule has 3 aromatic carbocycles. The fourth-order valence-electron chi connectivity index (χ4n) is 3.89. The van der Waals surface area contributed by atoms with Crippen molar-refractivity contribution >= 4 is 79.9 Å². The molecule has 0 fully saturated rings. The molecule has 0 saturated heterocycles. The lowest BCUT2D eigenvalue weighted by molar-refractivity contribution is -0.114. The number of amides is 2. The minimum atomic E-state index is -0.314. The zero-order valence-corrected chi connectivity index (χ0v) is 22.4. The van der Waals surface area contributed by atoms with Gasteiger partial charge in [0.1, 0.15) is 11.4 Å². The predicted molar refractivity (Wildman–Crippen MR) is 155 cm³/mol. The summed E-state index contributed by atoms with van der Waals surface area (Å²) in [6, 6.07) is 20.8. The third-order valence-electron chi connectivity index (χ3n) is 5.75. The van der Waals surface area contributed by atoms with Crippen molar-refractivity contribution in [2.24, 2.45) is 4.99 Å². The van der Waals surface area contributed by atoms with Crippen molar-refractivity contribution < 1.29 is 14.3 Å². The summed E-state index contributed by atoms with van der Waals surface area (Å²) in [5.41, 5.74) is 2.51. The first-order valence-electron chi connectivity index (χ1n) is 11.4. The molecule has 2 amide bonds. The van der Waals surface area contributed by atoms with E-state index < -0.39 is 0 Å². The van der Waals surface area contributed by atoms with Gasteiger partial charge in [-0.2, -0.15) is 0 Å². The third-order valence-corrected chi connectivity index (χ3v) is 7.89. The van der Waals surface area contributed by atoms with E-state index in [4.69, 9.17) is 16.3 Å². The highest BCUT2D eigenvalue weighted by atomic mass is 35.5. The van der Waals surface area contributed by atoms with Crippen LogP contribution in [0.2, 0.25) is 5.02 Å². The molecule has 186 valence electrons. The number of nitrogens with zero attached hydrogens (tertiary/aromatic N) is 2. The van der Waals surface area contributed by atoms with Gasteiger partial charge in [-0.15, -0.1) is 11.3 Å². The van der Waals surface area contributed by atoms with E-state index in [9.17, 15) is 9.59 Å². The van der Waals surface area contributed by atoms with E-state index in [1.807, 2.05) is 60.8 Å². The molecule has 0 bridgehead atoms. The van der Waals surface area contributed by atoms with E-state index in [1.54, 1.807) is 24.3 Å². The molecular weight excluding hydrogens is 526 g/mol. The molecule has 37 heavy (non-hydrogen) atoms. The third kappa shape index (κ3) is 5.41. The quantitative estimate of drug-likeness (QED) is 0.264. The number of aliphatic imine (C=N–C) groups is 1. The van der Waals surface area contributed by atoms with Gasteiger partial charge in [-0.3, -0.25) is 9.59 Å². The van der Waals surface area contributed by atoms with E-state index in [0.717, 1.165) is 21.2 Å². The molecule has 9 heteroatoms. The van der Waals surface area contributed by atoms with Crippen molar-refractivity contribution in [2.45, 2.75) is 6.92 Å². The van der Waals surface area contributed by atoms with Crippen LogP contribution in [0.1, 0.15) is 10.4 Å². The number of fused-ring (bicyclic) bond motifs is 1. The fraction of sp³-hybridized carbons (Fsp3) is 0.107. The first-order valence-corrected chi connectivity index (χ1v) is 13.6. The number of thioether (sulfide) groups is 1. The van der Waals surface area contributed by atoms with Crippen LogP contribution in [0.5, 0.6) is 5.75 Å². The van der Waals surface area contributed by atoms with Gasteiger partial charge in [-0.05, 0) is 71.1 Å². The Hall–Kier alpha value is -3.59. The molecule has 0 spiro atoms. The molecule has 0 aliphatic carbocycles. The van der Waals surface area contributed by atoms with E-state index >= 15 is 0 Å². The number of aryl methyl sites for hydroxylation is 1. The van der Waals surface area contributed by atoms with Crippen LogP contribution in [0, 0.1) is 6.92 Å². The standard InChI is InChI=1S/C28H22ClN3O3S2/c1-17-11-12-36-25(17)15-22-27(34)32(23-14-20(29)8-10-24(23)35-2)28(31-22)37-16-26(33)30-21-9-7-18-5-3-4-6-19(18)13-21/h3-15H,16H2,1-2H3,(H,30,33). The minimum absolute atomic E-state index is 0.0592. The maximum absolute atomic E-state index is 13.5. The van der Waals surface area contributed by atoms with Crippen molar-refractivity contribution in [1.82, 2.24) is 0 Å². The Labute approximate surface area is 227 Å². The Morgan fingerprint density at radius 3 is 2.70 bits per heavy atom. The fourth-order valence-corrected chi connectivity index (χ4v) is 5.72. The number of thiophene rings is 1.